The molecule has 0 fully saturated rings. The van der Waals surface area contributed by atoms with Crippen LogP contribution in [0.25, 0.3) is 0 Å². The molecular weight excluding hydrogens is 292 g/mol. The van der Waals surface area contributed by atoms with Crippen molar-refractivity contribution in [1.29, 1.82) is 0 Å². The van der Waals surface area contributed by atoms with Gasteiger partial charge in [-0.15, -0.1) is 10.2 Å². The number of primary amides is 1. The van der Waals surface area contributed by atoms with Gasteiger partial charge in [0.05, 0.1) is 5.69 Å². The zero-order valence-corrected chi connectivity index (χ0v) is 12.6. The minimum Gasteiger partial charge on any atom is -0.364 e. The number of nitrogens with two attached hydrogens (primary N) is 1. The predicted octanol–water partition coefficient (Wildman–Crippen LogP) is 2.06. The van der Waals surface area contributed by atoms with Crippen molar-refractivity contribution >= 4 is 29.0 Å². The summed E-state index contributed by atoms with van der Waals surface area (Å²) in [6.07, 6.45) is 1.64. The van der Waals surface area contributed by atoms with Crippen LogP contribution in [0.15, 0.2) is 18.3 Å². The van der Waals surface area contributed by atoms with E-state index in [1.165, 1.54) is 6.07 Å². The molecule has 0 atom stereocenters. The predicted molar refractivity (Wildman–Crippen MR) is 79.6 cm³/mol. The number of carbonyl (C=O) groups excluding carboxylic acids is 1. The van der Waals surface area contributed by atoms with Crippen molar-refractivity contribution in [3.63, 3.8) is 0 Å². The monoisotopic (exact) mass is 306 g/mol. The van der Waals surface area contributed by atoms with E-state index in [-0.39, 0.29) is 16.3 Å². The molecule has 2 aromatic rings. The van der Waals surface area contributed by atoms with E-state index in [0.29, 0.717) is 17.3 Å². The van der Waals surface area contributed by atoms with E-state index in [0.717, 1.165) is 0 Å². The van der Waals surface area contributed by atoms with Crippen molar-refractivity contribution in [3.05, 3.63) is 35.0 Å². The molecule has 7 nitrogen and oxygen atoms in total. The van der Waals surface area contributed by atoms with Gasteiger partial charge in [0, 0.05) is 17.7 Å². The van der Waals surface area contributed by atoms with Gasteiger partial charge >= 0.3 is 0 Å². The van der Waals surface area contributed by atoms with Gasteiger partial charge in [0.25, 0.3) is 5.91 Å². The molecule has 2 aromatic heterocycles. The van der Waals surface area contributed by atoms with Gasteiger partial charge in [0.1, 0.15) is 11.6 Å². The molecule has 2 rings (SSSR count). The van der Waals surface area contributed by atoms with Crippen molar-refractivity contribution < 1.29 is 4.79 Å². The van der Waals surface area contributed by atoms with E-state index in [4.69, 9.17) is 17.3 Å². The molecule has 1 amide bonds. The summed E-state index contributed by atoms with van der Waals surface area (Å²) in [5, 5.41) is 10.4. The van der Waals surface area contributed by atoms with Crippen molar-refractivity contribution in [2.75, 3.05) is 5.32 Å². The number of nitrogens with one attached hydrogen (secondary N) is 1. The van der Waals surface area contributed by atoms with Gasteiger partial charge < -0.3 is 11.1 Å². The van der Waals surface area contributed by atoms with Crippen molar-refractivity contribution in [2.45, 2.75) is 26.2 Å². The number of halogens is 1. The lowest BCUT2D eigenvalue weighted by molar-refractivity contribution is 0.0995. The van der Waals surface area contributed by atoms with E-state index >= 15 is 0 Å². The number of aromatic nitrogens is 4. The highest BCUT2D eigenvalue weighted by molar-refractivity contribution is 6.29. The minimum atomic E-state index is -0.702. The van der Waals surface area contributed by atoms with Crippen LogP contribution >= 0.6 is 11.6 Å². The molecular formula is C13H15ClN6O. The van der Waals surface area contributed by atoms with Gasteiger partial charge in [-0.05, 0) is 6.07 Å². The van der Waals surface area contributed by atoms with Crippen LogP contribution in [-0.2, 0) is 5.41 Å². The number of hydrogen-bond donors (Lipinski definition) is 2. The Morgan fingerprint density at radius 3 is 2.67 bits per heavy atom. The summed E-state index contributed by atoms with van der Waals surface area (Å²) in [7, 11) is 0. The van der Waals surface area contributed by atoms with Gasteiger partial charge in [-0.25, -0.2) is 9.97 Å². The normalized spacial score (nSPS) is 11.2. The van der Waals surface area contributed by atoms with Crippen LogP contribution in [0, 0.1) is 0 Å². The van der Waals surface area contributed by atoms with Gasteiger partial charge in [-0.3, -0.25) is 4.79 Å². The zero-order chi connectivity index (χ0) is 15.6. The van der Waals surface area contributed by atoms with Crippen LogP contribution in [0.3, 0.4) is 0 Å². The summed E-state index contributed by atoms with van der Waals surface area (Å²) >= 11 is 5.79. The average Bonchev–Trinajstić information content (AvgIpc) is 2.37. The van der Waals surface area contributed by atoms with Crippen LogP contribution in [0.1, 0.15) is 37.1 Å². The first-order chi connectivity index (χ1) is 9.77. The second kappa shape index (κ2) is 5.61. The minimum absolute atomic E-state index is 0.00433. The molecule has 0 unspecified atom stereocenters. The van der Waals surface area contributed by atoms with E-state index in [9.17, 15) is 4.79 Å². The Labute approximate surface area is 127 Å². The molecule has 0 aromatic carbocycles. The van der Waals surface area contributed by atoms with Crippen LogP contribution in [0.4, 0.5) is 11.5 Å². The maximum absolute atomic E-state index is 11.4. The summed E-state index contributed by atoms with van der Waals surface area (Å²) in [6.45, 7) is 6.02. The molecule has 0 bridgehead atoms. The van der Waals surface area contributed by atoms with Crippen molar-refractivity contribution in [2.24, 2.45) is 5.73 Å². The molecule has 0 saturated carbocycles. The van der Waals surface area contributed by atoms with Gasteiger partial charge in [-0.1, -0.05) is 32.4 Å². The van der Waals surface area contributed by atoms with Crippen LogP contribution in [0.5, 0.6) is 0 Å². The van der Waals surface area contributed by atoms with E-state index in [1.54, 1.807) is 12.3 Å². The molecule has 110 valence electrons. The largest absolute Gasteiger partial charge is 0.364 e. The Kier molecular flexibility index (Phi) is 4.04. The van der Waals surface area contributed by atoms with Crippen LogP contribution in [-0.4, -0.2) is 26.1 Å². The number of hydrogen-bond acceptors (Lipinski definition) is 6. The van der Waals surface area contributed by atoms with E-state index in [1.807, 2.05) is 20.8 Å². The SMILES string of the molecule is CC(C)(C)c1nccc(Nc2cc(Cl)nnc2C(N)=O)n1. The Bertz CT molecular complexity index is 683. The summed E-state index contributed by atoms with van der Waals surface area (Å²) in [5.41, 5.74) is 5.41. The van der Waals surface area contributed by atoms with Crippen molar-refractivity contribution in [1.82, 2.24) is 20.2 Å². The summed E-state index contributed by atoms with van der Waals surface area (Å²) < 4.78 is 0. The number of nitrogens with zero attached hydrogens (tertiary/aromatic N) is 4. The molecule has 2 heterocycles. The third kappa shape index (κ3) is 3.63. The highest BCUT2D eigenvalue weighted by Gasteiger charge is 2.18. The fourth-order valence-electron chi connectivity index (χ4n) is 1.57. The molecule has 0 aliphatic rings. The highest BCUT2D eigenvalue weighted by Crippen LogP contribution is 2.23. The average molecular weight is 307 g/mol. The lowest BCUT2D eigenvalue weighted by atomic mass is 9.96. The topological polar surface area (TPSA) is 107 Å². The van der Waals surface area contributed by atoms with E-state index < -0.39 is 5.91 Å². The van der Waals surface area contributed by atoms with Crippen LogP contribution < -0.4 is 11.1 Å². The number of anilines is 2. The second-order valence-corrected chi connectivity index (χ2v) is 5.82. The summed E-state index contributed by atoms with van der Waals surface area (Å²) in [6, 6.07) is 3.14. The highest BCUT2D eigenvalue weighted by atomic mass is 35.5. The molecule has 0 aliphatic carbocycles. The first-order valence-corrected chi connectivity index (χ1v) is 6.59. The number of amides is 1. The lowest BCUT2D eigenvalue weighted by Gasteiger charge is -2.17. The maximum atomic E-state index is 11.4. The van der Waals surface area contributed by atoms with Crippen molar-refractivity contribution in [3.8, 4) is 0 Å². The molecule has 21 heavy (non-hydrogen) atoms. The molecule has 0 saturated heterocycles. The Balaban J connectivity index is 2.39. The fraction of sp³-hybridized carbons (Fsp3) is 0.308. The summed E-state index contributed by atoms with van der Waals surface area (Å²) in [5.74, 6) is 0.481. The quantitative estimate of drug-likeness (QED) is 0.899. The first kappa shape index (κ1) is 15.1. The second-order valence-electron chi connectivity index (χ2n) is 5.43. The Hall–Kier alpha value is -2.28. The Morgan fingerprint density at radius 2 is 2.05 bits per heavy atom. The molecule has 0 aliphatic heterocycles. The van der Waals surface area contributed by atoms with Gasteiger partial charge in [0.15, 0.2) is 10.8 Å². The molecule has 8 heteroatoms. The smallest absolute Gasteiger partial charge is 0.271 e. The molecule has 0 spiro atoms. The zero-order valence-electron chi connectivity index (χ0n) is 11.9. The fourth-order valence-corrected chi connectivity index (χ4v) is 1.72. The maximum Gasteiger partial charge on any atom is 0.271 e. The molecule has 0 radical (unpaired) electrons. The molecule has 3 N–H and O–H groups in total. The third-order valence-electron chi connectivity index (χ3n) is 2.59. The third-order valence-corrected chi connectivity index (χ3v) is 2.77. The van der Waals surface area contributed by atoms with Crippen LogP contribution in [0.2, 0.25) is 5.15 Å². The lowest BCUT2D eigenvalue weighted by Crippen LogP contribution is -2.18. The van der Waals surface area contributed by atoms with Gasteiger partial charge in [-0.2, -0.15) is 0 Å². The standard InChI is InChI=1S/C13H15ClN6O/c1-13(2,3)12-16-5-4-9(18-12)17-7-6-8(14)19-20-10(7)11(15)21/h4-6H,1-3H3,(H2,15,21)(H,16,17,18,19). The number of rotatable bonds is 3. The number of carbonyl (C=O) groups is 1. The van der Waals surface area contributed by atoms with Gasteiger partial charge in [0.2, 0.25) is 0 Å². The Morgan fingerprint density at radius 1 is 1.33 bits per heavy atom. The summed E-state index contributed by atoms with van der Waals surface area (Å²) in [4.78, 5) is 20.0. The van der Waals surface area contributed by atoms with E-state index in [2.05, 4.69) is 25.5 Å². The first-order valence-electron chi connectivity index (χ1n) is 6.21.